The van der Waals surface area contributed by atoms with Crippen LogP contribution >= 0.6 is 0 Å². The predicted octanol–water partition coefficient (Wildman–Crippen LogP) is 3.25. The molecule has 2 saturated heterocycles. The van der Waals surface area contributed by atoms with Crippen LogP contribution in [-0.2, 0) is 29.8 Å². The van der Waals surface area contributed by atoms with E-state index in [-0.39, 0.29) is 43.1 Å². The topological polar surface area (TPSA) is 119 Å². The summed E-state index contributed by atoms with van der Waals surface area (Å²) in [5.41, 5.74) is -1.05. The maximum Gasteiger partial charge on any atom is -0.0590 e. The molecule has 4 heterocycles. The van der Waals surface area contributed by atoms with Crippen LogP contribution in [0.15, 0.2) is 42.9 Å². The van der Waals surface area contributed by atoms with E-state index in [0.29, 0.717) is 31.6 Å². The molecule has 0 atom stereocenters. The number of hydrogen-bond donors (Lipinski definition) is 2. The molecule has 0 aromatic carbocycles. The largest absolute Gasteiger partial charge is 0.0656 e. The van der Waals surface area contributed by atoms with Gasteiger partial charge in [0.2, 0.25) is 0 Å². The molecule has 12 heteroatoms. The summed E-state index contributed by atoms with van der Waals surface area (Å²) in [5.74, 6) is -1.24. The Morgan fingerprint density at radius 1 is 1.19 bits per heavy atom. The van der Waals surface area contributed by atoms with E-state index in [4.69, 9.17) is 0 Å². The standard InChI is InChI=1S/C26H31FN6O4.C3H8.C2H4.V/c1-3-4-21(27)20(8-7-18-5-6-18)23(35)28-17-22(34)32-13-10-26(11-14-32)24(36)31(2)25(37)33(26)12-9-19-15-29-30-16-19;1-3-2;1-2;/h4,8-9,15,18,30H,3,5-7,10-11,13-14,17H2,1-2H3,(H,28,35);3H2,1-2H3;1-2H2;/b19-9?,20-8+,21-4+;;;. The second kappa shape index (κ2) is 15.3. The average Bonchev–Trinajstić information content (AvgIpc) is 3.54. The van der Waals surface area contributed by atoms with Gasteiger partial charge in [0.1, 0.15) is 0 Å². The van der Waals surface area contributed by atoms with Crippen LogP contribution in [0.25, 0.3) is 6.08 Å². The summed E-state index contributed by atoms with van der Waals surface area (Å²) >= 11 is -0.522. The van der Waals surface area contributed by atoms with Crippen LogP contribution in [-0.4, -0.2) is 85.2 Å². The number of urea groups is 1. The average molecular weight is 634 g/mol. The number of halogens is 1. The molecule has 1 aromatic heterocycles. The molecule has 4 aliphatic rings. The first kappa shape index (κ1) is 34.1. The van der Waals surface area contributed by atoms with Gasteiger partial charge in [-0.1, -0.05) is 27.2 Å². The van der Waals surface area contributed by atoms with Crippen molar-refractivity contribution in [1.29, 1.82) is 0 Å². The molecule has 1 spiro atoms. The second-order valence-corrected chi connectivity index (χ2v) is 12.6. The zero-order valence-corrected chi connectivity index (χ0v) is 27.0. The van der Waals surface area contributed by atoms with Crippen LogP contribution in [0, 0.1) is 9.92 Å². The molecule has 3 fully saturated rings. The summed E-state index contributed by atoms with van der Waals surface area (Å²) in [6.45, 7) is 12.3. The summed E-state index contributed by atoms with van der Waals surface area (Å²) in [5, 5.41) is 10.5. The molecule has 3 aliphatic heterocycles. The van der Waals surface area contributed by atoms with E-state index in [9.17, 15) is 23.6 Å². The molecule has 0 bridgehead atoms. The summed E-state index contributed by atoms with van der Waals surface area (Å²) < 4.78 is 16.3. The van der Waals surface area contributed by atoms with Crippen LogP contribution in [0.3, 0.4) is 0 Å². The van der Waals surface area contributed by atoms with Crippen LogP contribution < -0.4 is 10.5 Å². The third-order valence-corrected chi connectivity index (χ3v) is 9.36. The number of rotatable bonds is 8. The van der Waals surface area contributed by atoms with Crippen molar-refractivity contribution in [3.8, 4) is 0 Å². The van der Waals surface area contributed by atoms with E-state index in [1.54, 1.807) is 29.0 Å². The Hall–Kier alpha value is -3.44. The Labute approximate surface area is 258 Å². The molecule has 43 heavy (non-hydrogen) atoms. The zero-order valence-electron chi connectivity index (χ0n) is 25.6. The first-order chi connectivity index (χ1) is 20.7. The van der Waals surface area contributed by atoms with Gasteiger partial charge in [0.05, 0.1) is 0 Å². The van der Waals surface area contributed by atoms with Crippen molar-refractivity contribution in [2.24, 2.45) is 5.92 Å². The normalized spacial score (nSPS) is 19.0. The molecule has 10 nitrogen and oxygen atoms in total. The fourth-order valence-electron chi connectivity index (χ4n) is 5.18. The molecule has 0 radical (unpaired) electrons. The van der Waals surface area contributed by atoms with Crippen molar-refractivity contribution in [2.75, 3.05) is 26.7 Å². The van der Waals surface area contributed by atoms with Gasteiger partial charge < -0.3 is 0 Å². The number of piperidine rings is 1. The number of carbonyl (C=O) groups excluding carboxylic acids is 4. The van der Waals surface area contributed by atoms with Gasteiger partial charge in [-0.05, 0) is 37.7 Å². The number of nitrogens with one attached hydrogen (secondary N) is 2. The fraction of sp³-hybridized carbons (Fsp3) is 0.516. The minimum absolute atomic E-state index is 0.0226. The van der Waals surface area contributed by atoms with Gasteiger partial charge in [0.15, 0.2) is 0 Å². The van der Waals surface area contributed by atoms with E-state index >= 15 is 0 Å². The smallest absolute Gasteiger partial charge is 0.0590 e. The molecule has 233 valence electrons. The van der Waals surface area contributed by atoms with Crippen LogP contribution in [0.5, 0.6) is 0 Å². The Morgan fingerprint density at radius 2 is 1.84 bits per heavy atom. The number of aromatic amines is 1. The Balaban J connectivity index is 0.000000953. The quantitative estimate of drug-likeness (QED) is 0.197. The fourth-order valence-corrected chi connectivity index (χ4v) is 7.01. The molecule has 1 aliphatic carbocycles. The van der Waals surface area contributed by atoms with Crippen LogP contribution in [0.1, 0.15) is 65.7 Å². The maximum absolute atomic E-state index is 14.5. The van der Waals surface area contributed by atoms with Gasteiger partial charge in [0, 0.05) is 0 Å². The van der Waals surface area contributed by atoms with E-state index in [2.05, 4.69) is 42.5 Å². The number of H-pyrrole nitrogens is 1. The molecular weight excluding hydrogens is 590 g/mol. The first-order valence-electron chi connectivity index (χ1n) is 14.9. The van der Waals surface area contributed by atoms with Gasteiger partial charge in [-0.15, -0.1) is 13.2 Å². The minimum atomic E-state index is -1.03. The van der Waals surface area contributed by atoms with Crippen molar-refractivity contribution in [1.82, 2.24) is 30.2 Å². The SMILES string of the molecule is C=C.CC/C=C(F)\C(=C/CC1CC1)C(=O)NCC(=O)N1CCC2(CC1)C(=O)N(C)C(=O)N2[C]1=[V]=[c]2[nH]ncc2=C1.CCC. The van der Waals surface area contributed by atoms with Gasteiger partial charge in [0.25, 0.3) is 0 Å². The third kappa shape index (κ3) is 7.56. The van der Waals surface area contributed by atoms with Crippen molar-refractivity contribution < 1.29 is 39.0 Å². The summed E-state index contributed by atoms with van der Waals surface area (Å²) in [4.78, 5) is 56.5. The number of likely N-dealkylation sites (N-methyl/N-ethyl adjacent to an activating group) is 1. The van der Waals surface area contributed by atoms with Crippen molar-refractivity contribution in [3.05, 3.63) is 52.1 Å². The number of carbonyl (C=O) groups is 4. The molecule has 2 N–H and O–H groups in total. The molecule has 0 unspecified atom stereocenters. The van der Waals surface area contributed by atoms with Gasteiger partial charge in [-0.25, -0.2) is 4.39 Å². The first-order valence-corrected chi connectivity index (χ1v) is 16.3. The predicted molar refractivity (Wildman–Crippen MR) is 160 cm³/mol. The monoisotopic (exact) mass is 633 g/mol. The van der Waals surface area contributed by atoms with Crippen molar-refractivity contribution in [3.63, 3.8) is 0 Å². The molecule has 1 saturated carbocycles. The Kier molecular flexibility index (Phi) is 12.1. The number of hydrogen-bond acceptors (Lipinski definition) is 5. The van der Waals surface area contributed by atoms with Crippen molar-refractivity contribution >= 4 is 34.2 Å². The third-order valence-electron chi connectivity index (χ3n) is 7.58. The van der Waals surface area contributed by atoms with Gasteiger partial charge in [-0.3, -0.25) is 0 Å². The number of likely N-dealkylation sites (tertiary alicyclic amines) is 1. The zero-order chi connectivity index (χ0) is 31.7. The Bertz CT molecular complexity index is 1450. The number of nitrogens with zero attached hydrogens (tertiary/aromatic N) is 4. The second-order valence-electron chi connectivity index (χ2n) is 10.8. The minimum Gasteiger partial charge on any atom is -0.0656 e. The van der Waals surface area contributed by atoms with Gasteiger partial charge in [-0.2, -0.15) is 0 Å². The van der Waals surface area contributed by atoms with E-state index < -0.39 is 32.7 Å². The van der Waals surface area contributed by atoms with E-state index in [0.717, 1.165) is 26.4 Å². The number of allylic oxidation sites excluding steroid dienone is 2. The number of imide groups is 1. The molecule has 1 aromatic rings. The van der Waals surface area contributed by atoms with Gasteiger partial charge >= 0.3 is 177 Å². The number of aromatic nitrogens is 2. The van der Waals surface area contributed by atoms with E-state index in [1.807, 2.05) is 6.08 Å². The number of fused-ring (bicyclic) bond motifs is 1. The maximum atomic E-state index is 14.5. The van der Waals surface area contributed by atoms with Crippen LogP contribution in [0.4, 0.5) is 9.18 Å². The molecule has 5 amide bonds. The Morgan fingerprint density at radius 3 is 2.42 bits per heavy atom. The summed E-state index contributed by atoms with van der Waals surface area (Å²) in [7, 11) is 1.49. The summed E-state index contributed by atoms with van der Waals surface area (Å²) in [6, 6.07) is -0.352. The van der Waals surface area contributed by atoms with Crippen LogP contribution in [0.2, 0.25) is 0 Å². The molecular formula is C31H43FN6O4V. The van der Waals surface area contributed by atoms with Crippen molar-refractivity contribution in [2.45, 2.75) is 71.3 Å². The van der Waals surface area contributed by atoms with E-state index in [1.165, 1.54) is 24.4 Å². The molecule has 5 rings (SSSR count). The number of amides is 5. The summed E-state index contributed by atoms with van der Waals surface area (Å²) in [6.07, 6.45) is 11.7.